The van der Waals surface area contributed by atoms with Crippen molar-refractivity contribution in [3.05, 3.63) is 59.4 Å². The summed E-state index contributed by atoms with van der Waals surface area (Å²) in [5.74, 6) is -0.252. The number of halogens is 1. The van der Waals surface area contributed by atoms with Crippen molar-refractivity contribution >= 4 is 5.91 Å². The van der Waals surface area contributed by atoms with Crippen LogP contribution in [0, 0.1) is 5.82 Å². The molecule has 7 nitrogen and oxygen atoms in total. The molecule has 0 spiro atoms. The number of nitrogens with one attached hydrogen (secondary N) is 2. The number of amides is 1. The zero-order valence-electron chi connectivity index (χ0n) is 14.4. The summed E-state index contributed by atoms with van der Waals surface area (Å²) >= 11 is 0. The van der Waals surface area contributed by atoms with Crippen LogP contribution >= 0.6 is 0 Å². The number of hydrogen-bond donors (Lipinski definition) is 2. The number of carbonyl (C=O) groups excluding carboxylic acids is 1. The summed E-state index contributed by atoms with van der Waals surface area (Å²) in [5.41, 5.74) is 1.60. The van der Waals surface area contributed by atoms with E-state index in [1.54, 1.807) is 50.2 Å². The number of benzene rings is 2. The first kappa shape index (κ1) is 17.5. The fourth-order valence-corrected chi connectivity index (χ4v) is 2.57. The van der Waals surface area contributed by atoms with Crippen LogP contribution in [-0.2, 0) is 0 Å². The molecular formula is C18H18FN5O2. The molecule has 26 heavy (non-hydrogen) atoms. The first-order valence-electron chi connectivity index (χ1n) is 8.16. The van der Waals surface area contributed by atoms with Gasteiger partial charge in [-0.15, -0.1) is 10.2 Å². The molecular weight excluding hydrogens is 337 g/mol. The summed E-state index contributed by atoms with van der Waals surface area (Å²) in [4.78, 5) is 12.7. The minimum absolute atomic E-state index is 0.192. The largest absolute Gasteiger partial charge is 0.491 e. The average Bonchev–Trinajstić information content (AvgIpc) is 3.18. The summed E-state index contributed by atoms with van der Waals surface area (Å²) < 4.78 is 19.2. The Bertz CT molecular complexity index is 898. The van der Waals surface area contributed by atoms with E-state index in [-0.39, 0.29) is 11.7 Å². The minimum Gasteiger partial charge on any atom is -0.491 e. The van der Waals surface area contributed by atoms with Gasteiger partial charge in [0, 0.05) is 5.56 Å². The standard InChI is InChI=1S/C18H18FN5O2/c1-3-26-16-9-8-12(10-15(16)19)11(2)20-18(25)14-7-5-4-6-13(14)17-21-23-24-22-17/h4-11H,3H2,1-2H3,(H,20,25)(H,21,22,23,24). The van der Waals surface area contributed by atoms with E-state index in [2.05, 4.69) is 25.9 Å². The van der Waals surface area contributed by atoms with E-state index in [0.29, 0.717) is 29.1 Å². The van der Waals surface area contributed by atoms with Gasteiger partial charge in [0.15, 0.2) is 11.6 Å². The zero-order valence-corrected chi connectivity index (χ0v) is 14.4. The van der Waals surface area contributed by atoms with Crippen molar-refractivity contribution in [2.75, 3.05) is 6.61 Å². The maximum atomic E-state index is 14.0. The molecule has 1 aromatic heterocycles. The fraction of sp³-hybridized carbons (Fsp3) is 0.222. The smallest absolute Gasteiger partial charge is 0.252 e. The van der Waals surface area contributed by atoms with Crippen molar-refractivity contribution in [1.29, 1.82) is 0 Å². The Balaban J connectivity index is 1.79. The van der Waals surface area contributed by atoms with Crippen LogP contribution in [0.15, 0.2) is 42.5 Å². The van der Waals surface area contributed by atoms with Crippen LogP contribution in [0.3, 0.4) is 0 Å². The van der Waals surface area contributed by atoms with Crippen LogP contribution in [0.2, 0.25) is 0 Å². The number of hydrogen-bond acceptors (Lipinski definition) is 5. The molecule has 1 unspecified atom stereocenters. The van der Waals surface area contributed by atoms with Crippen molar-refractivity contribution in [1.82, 2.24) is 25.9 Å². The third-order valence-corrected chi connectivity index (χ3v) is 3.86. The van der Waals surface area contributed by atoms with Crippen molar-refractivity contribution in [2.24, 2.45) is 0 Å². The van der Waals surface area contributed by atoms with Gasteiger partial charge in [-0.05, 0) is 42.8 Å². The lowest BCUT2D eigenvalue weighted by Gasteiger charge is -2.16. The van der Waals surface area contributed by atoms with Gasteiger partial charge in [0.1, 0.15) is 0 Å². The summed E-state index contributed by atoms with van der Waals surface area (Å²) in [6.07, 6.45) is 0. The number of rotatable bonds is 6. The molecule has 0 saturated carbocycles. The fourth-order valence-electron chi connectivity index (χ4n) is 2.57. The van der Waals surface area contributed by atoms with E-state index in [1.165, 1.54) is 6.07 Å². The summed E-state index contributed by atoms with van der Waals surface area (Å²) in [6.45, 7) is 3.96. The predicted molar refractivity (Wildman–Crippen MR) is 93.1 cm³/mol. The number of tetrazole rings is 1. The van der Waals surface area contributed by atoms with Gasteiger partial charge in [0.05, 0.1) is 18.2 Å². The SMILES string of the molecule is CCOc1ccc(C(C)NC(=O)c2ccccc2-c2nn[nH]n2)cc1F. The number of aromatic amines is 1. The number of ether oxygens (including phenoxy) is 1. The van der Waals surface area contributed by atoms with E-state index in [1.807, 2.05) is 0 Å². The summed E-state index contributed by atoms with van der Waals surface area (Å²) in [7, 11) is 0. The van der Waals surface area contributed by atoms with Gasteiger partial charge in [-0.25, -0.2) is 4.39 Å². The highest BCUT2D eigenvalue weighted by Gasteiger charge is 2.18. The van der Waals surface area contributed by atoms with Crippen LogP contribution in [0.4, 0.5) is 4.39 Å². The predicted octanol–water partition coefficient (Wildman–Crippen LogP) is 2.90. The van der Waals surface area contributed by atoms with Gasteiger partial charge in [-0.2, -0.15) is 5.21 Å². The van der Waals surface area contributed by atoms with E-state index >= 15 is 0 Å². The van der Waals surface area contributed by atoms with E-state index < -0.39 is 11.9 Å². The van der Waals surface area contributed by atoms with Gasteiger partial charge in [0.2, 0.25) is 5.82 Å². The van der Waals surface area contributed by atoms with E-state index in [4.69, 9.17) is 4.74 Å². The maximum Gasteiger partial charge on any atom is 0.252 e. The molecule has 0 saturated heterocycles. The third kappa shape index (κ3) is 3.69. The molecule has 3 rings (SSSR count). The monoisotopic (exact) mass is 355 g/mol. The second kappa shape index (κ2) is 7.73. The van der Waals surface area contributed by atoms with Crippen molar-refractivity contribution in [3.8, 4) is 17.1 Å². The van der Waals surface area contributed by atoms with Gasteiger partial charge in [-0.1, -0.05) is 24.3 Å². The molecule has 1 amide bonds. The lowest BCUT2D eigenvalue weighted by atomic mass is 10.0. The first-order valence-corrected chi connectivity index (χ1v) is 8.16. The number of aromatic nitrogens is 4. The van der Waals surface area contributed by atoms with Crippen LogP contribution in [0.5, 0.6) is 5.75 Å². The van der Waals surface area contributed by atoms with Gasteiger partial charge in [0.25, 0.3) is 5.91 Å². The summed E-state index contributed by atoms with van der Waals surface area (Å²) in [5, 5.41) is 16.6. The molecule has 1 heterocycles. The molecule has 0 aliphatic heterocycles. The van der Waals surface area contributed by atoms with Crippen molar-refractivity contribution < 1.29 is 13.9 Å². The topological polar surface area (TPSA) is 92.8 Å². The summed E-state index contributed by atoms with van der Waals surface area (Å²) in [6, 6.07) is 11.2. The number of carbonyl (C=O) groups is 1. The molecule has 1 atom stereocenters. The van der Waals surface area contributed by atoms with Crippen molar-refractivity contribution in [2.45, 2.75) is 19.9 Å². The molecule has 0 aliphatic carbocycles. The molecule has 3 aromatic rings. The van der Waals surface area contributed by atoms with Crippen LogP contribution in [0.1, 0.15) is 35.8 Å². The van der Waals surface area contributed by atoms with E-state index in [0.717, 1.165) is 0 Å². The lowest BCUT2D eigenvalue weighted by molar-refractivity contribution is 0.0940. The molecule has 2 N–H and O–H groups in total. The van der Waals surface area contributed by atoms with Crippen LogP contribution < -0.4 is 10.1 Å². The second-order valence-corrected chi connectivity index (χ2v) is 5.60. The van der Waals surface area contributed by atoms with E-state index in [9.17, 15) is 9.18 Å². The van der Waals surface area contributed by atoms with Gasteiger partial charge >= 0.3 is 0 Å². The quantitative estimate of drug-likeness (QED) is 0.709. The van der Waals surface area contributed by atoms with Crippen molar-refractivity contribution in [3.63, 3.8) is 0 Å². The van der Waals surface area contributed by atoms with Crippen LogP contribution in [-0.4, -0.2) is 33.1 Å². The Labute approximate surface area is 149 Å². The molecule has 0 fully saturated rings. The third-order valence-electron chi connectivity index (χ3n) is 3.86. The molecule has 0 bridgehead atoms. The normalized spacial score (nSPS) is 11.8. The Morgan fingerprint density at radius 1 is 1.31 bits per heavy atom. The number of H-pyrrole nitrogens is 1. The highest BCUT2D eigenvalue weighted by Crippen LogP contribution is 2.24. The Kier molecular flexibility index (Phi) is 5.21. The second-order valence-electron chi connectivity index (χ2n) is 5.60. The molecule has 2 aromatic carbocycles. The van der Waals surface area contributed by atoms with Gasteiger partial charge in [-0.3, -0.25) is 4.79 Å². The average molecular weight is 355 g/mol. The molecule has 0 radical (unpaired) electrons. The Morgan fingerprint density at radius 2 is 2.12 bits per heavy atom. The van der Waals surface area contributed by atoms with Crippen LogP contribution in [0.25, 0.3) is 11.4 Å². The molecule has 8 heteroatoms. The zero-order chi connectivity index (χ0) is 18.5. The highest BCUT2D eigenvalue weighted by atomic mass is 19.1. The first-order chi connectivity index (χ1) is 12.6. The Morgan fingerprint density at radius 3 is 2.81 bits per heavy atom. The maximum absolute atomic E-state index is 14.0. The minimum atomic E-state index is -0.461. The molecule has 0 aliphatic rings. The number of nitrogens with zero attached hydrogens (tertiary/aromatic N) is 3. The van der Waals surface area contributed by atoms with Gasteiger partial charge < -0.3 is 10.1 Å². The molecule has 134 valence electrons. The highest BCUT2D eigenvalue weighted by molar-refractivity contribution is 6.00. The lowest BCUT2D eigenvalue weighted by Crippen LogP contribution is -2.27. The Hall–Kier alpha value is -3.29.